The highest BCUT2D eigenvalue weighted by atomic mass is 32.2. The first-order valence-electron chi connectivity index (χ1n) is 7.51. The number of nitrogens with zero attached hydrogens (tertiary/aromatic N) is 1. The van der Waals surface area contributed by atoms with Gasteiger partial charge in [0.1, 0.15) is 0 Å². The van der Waals surface area contributed by atoms with Gasteiger partial charge in [-0.1, -0.05) is 23.8 Å². The molecule has 10 heteroatoms. The number of rotatable bonds is 5. The Morgan fingerprint density at radius 2 is 1.73 bits per heavy atom. The van der Waals surface area contributed by atoms with Crippen LogP contribution in [0.5, 0.6) is 0 Å². The fraction of sp³-hybridized carbons (Fsp3) is 0.188. The number of nitro groups is 1. The van der Waals surface area contributed by atoms with Gasteiger partial charge in [-0.25, -0.2) is 8.42 Å². The molecular weight excluding hydrogens is 376 g/mol. The number of hydrazine groups is 1. The van der Waals surface area contributed by atoms with E-state index in [0.29, 0.717) is 16.8 Å². The van der Waals surface area contributed by atoms with Crippen LogP contribution in [0.15, 0.2) is 41.3 Å². The minimum absolute atomic E-state index is 0.0449. The summed E-state index contributed by atoms with van der Waals surface area (Å²) in [6, 6.07) is 9.25. The second-order valence-electron chi connectivity index (χ2n) is 5.72. The summed E-state index contributed by atoms with van der Waals surface area (Å²) < 4.78 is 25.1. The quantitative estimate of drug-likeness (QED) is 0.406. The molecule has 0 spiro atoms. The van der Waals surface area contributed by atoms with Crippen molar-refractivity contribution in [2.24, 2.45) is 0 Å². The first-order chi connectivity index (χ1) is 12.1. The average Bonchev–Trinajstić information content (AvgIpc) is 2.52. The van der Waals surface area contributed by atoms with Crippen molar-refractivity contribution in [3.8, 4) is 0 Å². The van der Waals surface area contributed by atoms with Crippen LogP contribution in [0.4, 0.5) is 11.4 Å². The number of anilines is 1. The number of thiocarbonyl (C=S) groups is 1. The van der Waals surface area contributed by atoms with Gasteiger partial charge >= 0.3 is 0 Å². The number of sulfonamides is 1. The van der Waals surface area contributed by atoms with Gasteiger partial charge < -0.3 is 5.32 Å². The molecule has 26 heavy (non-hydrogen) atoms. The minimum Gasteiger partial charge on any atom is -0.331 e. The second kappa shape index (κ2) is 7.77. The van der Waals surface area contributed by atoms with Gasteiger partial charge in [0.15, 0.2) is 5.11 Å². The second-order valence-corrected chi connectivity index (χ2v) is 7.75. The average molecular weight is 394 g/mol. The first-order valence-corrected chi connectivity index (χ1v) is 9.40. The maximum atomic E-state index is 12.5. The Morgan fingerprint density at radius 3 is 2.31 bits per heavy atom. The van der Waals surface area contributed by atoms with Crippen LogP contribution >= 0.6 is 12.2 Å². The molecular formula is C16H18N4O4S2. The first kappa shape index (κ1) is 19.8. The van der Waals surface area contributed by atoms with Crippen molar-refractivity contribution < 1.29 is 13.3 Å². The van der Waals surface area contributed by atoms with Gasteiger partial charge in [0.05, 0.1) is 9.82 Å². The molecule has 0 saturated heterocycles. The molecule has 2 rings (SSSR count). The van der Waals surface area contributed by atoms with E-state index >= 15 is 0 Å². The molecule has 2 aromatic carbocycles. The van der Waals surface area contributed by atoms with Crippen LogP contribution in [0.2, 0.25) is 0 Å². The molecule has 0 aliphatic heterocycles. The highest BCUT2D eigenvalue weighted by Crippen LogP contribution is 2.21. The molecule has 0 unspecified atom stereocenters. The van der Waals surface area contributed by atoms with Crippen LogP contribution in [0.3, 0.4) is 0 Å². The lowest BCUT2D eigenvalue weighted by molar-refractivity contribution is -0.384. The molecule has 138 valence electrons. The van der Waals surface area contributed by atoms with Crippen LogP contribution in [0.25, 0.3) is 0 Å². The zero-order valence-electron chi connectivity index (χ0n) is 14.4. The van der Waals surface area contributed by atoms with Crippen molar-refractivity contribution in [2.75, 3.05) is 5.32 Å². The molecule has 0 aromatic heterocycles. The van der Waals surface area contributed by atoms with Crippen LogP contribution in [-0.4, -0.2) is 18.5 Å². The van der Waals surface area contributed by atoms with Crippen molar-refractivity contribution in [3.05, 3.63) is 63.2 Å². The van der Waals surface area contributed by atoms with Gasteiger partial charge in [-0.15, -0.1) is 4.83 Å². The fourth-order valence-electron chi connectivity index (χ4n) is 2.61. The summed E-state index contributed by atoms with van der Waals surface area (Å²) >= 11 is 5.03. The molecule has 0 fully saturated rings. The number of nitrogens with one attached hydrogen (secondary N) is 3. The maximum absolute atomic E-state index is 12.5. The predicted octanol–water partition coefficient (Wildman–Crippen LogP) is 2.70. The van der Waals surface area contributed by atoms with Crippen molar-refractivity contribution in [3.63, 3.8) is 0 Å². The van der Waals surface area contributed by atoms with E-state index < -0.39 is 14.9 Å². The molecule has 0 aliphatic rings. The number of non-ortho nitro benzene ring substituents is 1. The van der Waals surface area contributed by atoms with Crippen molar-refractivity contribution >= 4 is 38.7 Å². The third kappa shape index (κ3) is 4.75. The number of hydrogen-bond acceptors (Lipinski definition) is 5. The molecule has 0 atom stereocenters. The lowest BCUT2D eigenvalue weighted by Gasteiger charge is -2.15. The van der Waals surface area contributed by atoms with Crippen LogP contribution in [0, 0.1) is 30.9 Å². The normalized spacial score (nSPS) is 11.0. The molecule has 0 aliphatic carbocycles. The number of hydrogen-bond donors (Lipinski definition) is 3. The summed E-state index contributed by atoms with van der Waals surface area (Å²) in [6.07, 6.45) is 0. The van der Waals surface area contributed by atoms with Gasteiger partial charge in [0.25, 0.3) is 15.7 Å². The molecule has 0 heterocycles. The Morgan fingerprint density at radius 1 is 1.12 bits per heavy atom. The molecule has 0 radical (unpaired) electrons. The van der Waals surface area contributed by atoms with Gasteiger partial charge in [-0.2, -0.15) is 0 Å². The number of nitro benzene ring substituents is 1. The summed E-state index contributed by atoms with van der Waals surface area (Å²) in [5, 5.41) is 13.4. The molecule has 0 saturated carbocycles. The SMILES string of the molecule is Cc1cc(C)c(S(=O)(=O)NNC(=S)Nc2cccc([N+](=O)[O-])c2)c(C)c1. The highest BCUT2D eigenvalue weighted by Gasteiger charge is 2.20. The summed E-state index contributed by atoms with van der Waals surface area (Å²) in [7, 11) is -3.84. The van der Waals surface area contributed by atoms with E-state index in [-0.39, 0.29) is 15.7 Å². The topological polar surface area (TPSA) is 113 Å². The van der Waals surface area contributed by atoms with Gasteiger partial charge in [-0.3, -0.25) is 15.5 Å². The smallest absolute Gasteiger partial charge is 0.271 e. The lowest BCUT2D eigenvalue weighted by atomic mass is 10.1. The van der Waals surface area contributed by atoms with E-state index in [0.717, 1.165) is 5.56 Å². The molecule has 0 bridgehead atoms. The summed E-state index contributed by atoms with van der Waals surface area (Å²) in [4.78, 5) is 12.6. The summed E-state index contributed by atoms with van der Waals surface area (Å²) in [6.45, 7) is 5.32. The zero-order valence-corrected chi connectivity index (χ0v) is 16.0. The minimum atomic E-state index is -3.84. The van der Waals surface area contributed by atoms with E-state index in [1.54, 1.807) is 32.0 Å². The zero-order chi connectivity index (χ0) is 19.5. The molecule has 2 aromatic rings. The number of benzene rings is 2. The Balaban J connectivity index is 2.09. The van der Waals surface area contributed by atoms with Crippen LogP contribution in [-0.2, 0) is 10.0 Å². The maximum Gasteiger partial charge on any atom is 0.271 e. The van der Waals surface area contributed by atoms with Crippen LogP contribution < -0.4 is 15.6 Å². The Kier molecular flexibility index (Phi) is 5.90. The fourth-order valence-corrected chi connectivity index (χ4v) is 4.15. The molecule has 8 nitrogen and oxygen atoms in total. The molecule has 3 N–H and O–H groups in total. The standard InChI is InChI=1S/C16H18N4O4S2/c1-10-7-11(2)15(12(3)8-10)26(23,24)19-18-16(25)17-13-5-4-6-14(9-13)20(21)22/h4-9,19H,1-3H3,(H2,17,18,25). The lowest BCUT2D eigenvalue weighted by Crippen LogP contribution is -2.44. The number of aryl methyl sites for hydroxylation is 3. The third-order valence-electron chi connectivity index (χ3n) is 3.49. The van der Waals surface area contributed by atoms with E-state index in [1.807, 2.05) is 6.92 Å². The van der Waals surface area contributed by atoms with E-state index in [9.17, 15) is 18.5 Å². The Hall–Kier alpha value is -2.56. The van der Waals surface area contributed by atoms with Gasteiger partial charge in [-0.05, 0) is 50.2 Å². The van der Waals surface area contributed by atoms with E-state index in [4.69, 9.17) is 12.2 Å². The predicted molar refractivity (Wildman–Crippen MR) is 103 cm³/mol. The van der Waals surface area contributed by atoms with Crippen LogP contribution in [0.1, 0.15) is 16.7 Å². The highest BCUT2D eigenvalue weighted by molar-refractivity contribution is 7.89. The largest absolute Gasteiger partial charge is 0.331 e. The Bertz CT molecular complexity index is 951. The summed E-state index contributed by atoms with van der Waals surface area (Å²) in [5.41, 5.74) is 4.86. The van der Waals surface area contributed by atoms with Gasteiger partial charge in [0.2, 0.25) is 0 Å². The van der Waals surface area contributed by atoms with Crippen molar-refractivity contribution in [2.45, 2.75) is 25.7 Å². The molecule has 0 amide bonds. The third-order valence-corrected chi connectivity index (χ3v) is 5.24. The Labute approximate surface area is 156 Å². The monoisotopic (exact) mass is 394 g/mol. The van der Waals surface area contributed by atoms with Crippen molar-refractivity contribution in [1.29, 1.82) is 0 Å². The summed E-state index contributed by atoms with van der Waals surface area (Å²) in [5.74, 6) is 0. The van der Waals surface area contributed by atoms with E-state index in [2.05, 4.69) is 15.6 Å². The van der Waals surface area contributed by atoms with E-state index in [1.165, 1.54) is 18.2 Å². The van der Waals surface area contributed by atoms with Gasteiger partial charge in [0, 0.05) is 17.8 Å². The van der Waals surface area contributed by atoms with Crippen molar-refractivity contribution in [1.82, 2.24) is 10.3 Å².